The number of nitrogen functional groups attached to an aromatic ring is 1. The fourth-order valence-electron chi connectivity index (χ4n) is 2.97. The van der Waals surface area contributed by atoms with Gasteiger partial charge in [0, 0.05) is 18.5 Å². The van der Waals surface area contributed by atoms with E-state index in [1.807, 2.05) is 18.2 Å². The summed E-state index contributed by atoms with van der Waals surface area (Å²) in [7, 11) is 0. The molecule has 0 atom stereocenters. The molecule has 0 spiro atoms. The molecule has 4 rings (SSSR count). The molecule has 6 heteroatoms. The molecule has 1 saturated heterocycles. The first-order valence-corrected chi connectivity index (χ1v) is 7.86. The molecule has 122 valence electrons. The molecule has 0 unspecified atom stereocenters. The van der Waals surface area contributed by atoms with E-state index >= 15 is 0 Å². The molecule has 24 heavy (non-hydrogen) atoms. The number of fused-ring (bicyclic) bond motifs is 1. The van der Waals surface area contributed by atoms with Crippen LogP contribution in [0.15, 0.2) is 42.5 Å². The first kappa shape index (κ1) is 14.8. The summed E-state index contributed by atoms with van der Waals surface area (Å²) in [6, 6.07) is 12.4. The zero-order valence-corrected chi connectivity index (χ0v) is 13.1. The Hall–Kier alpha value is -2.73. The van der Waals surface area contributed by atoms with Crippen molar-refractivity contribution < 1.29 is 9.13 Å². The molecule has 0 radical (unpaired) electrons. The van der Waals surface area contributed by atoms with Gasteiger partial charge >= 0.3 is 0 Å². The summed E-state index contributed by atoms with van der Waals surface area (Å²) in [4.78, 5) is 10.9. The summed E-state index contributed by atoms with van der Waals surface area (Å²) in [5.74, 6) is 0.841. The summed E-state index contributed by atoms with van der Waals surface area (Å²) in [6.45, 7) is 2.88. The zero-order chi connectivity index (χ0) is 16.5. The maximum atomic E-state index is 13.2. The summed E-state index contributed by atoms with van der Waals surface area (Å²) in [5, 5.41) is 0.938. The van der Waals surface area contributed by atoms with Crippen molar-refractivity contribution in [1.29, 1.82) is 0 Å². The van der Waals surface area contributed by atoms with Crippen LogP contribution < -0.4 is 10.6 Å². The van der Waals surface area contributed by atoms with Crippen molar-refractivity contribution in [2.24, 2.45) is 0 Å². The van der Waals surface area contributed by atoms with Crippen LogP contribution in [-0.2, 0) is 4.74 Å². The van der Waals surface area contributed by atoms with Crippen LogP contribution in [0.2, 0.25) is 0 Å². The number of benzene rings is 2. The molecule has 1 aromatic heterocycles. The molecule has 2 aromatic carbocycles. The number of rotatable bonds is 2. The molecule has 0 saturated carbocycles. The molecule has 2 N–H and O–H groups in total. The van der Waals surface area contributed by atoms with Crippen LogP contribution in [0.25, 0.3) is 22.0 Å². The highest BCUT2D eigenvalue weighted by Crippen LogP contribution is 2.30. The van der Waals surface area contributed by atoms with Crippen LogP contribution in [0.1, 0.15) is 0 Å². The first-order chi connectivity index (χ1) is 11.7. The Kier molecular flexibility index (Phi) is 3.74. The number of nitrogens with two attached hydrogens (primary N) is 1. The third-order valence-corrected chi connectivity index (χ3v) is 4.18. The molecular formula is C18H17FN4O. The summed E-state index contributed by atoms with van der Waals surface area (Å²) < 4.78 is 18.6. The summed E-state index contributed by atoms with van der Waals surface area (Å²) in [6.07, 6.45) is 0. The number of halogens is 1. The Morgan fingerprint density at radius 3 is 2.42 bits per heavy atom. The summed E-state index contributed by atoms with van der Waals surface area (Å²) >= 11 is 0. The molecule has 0 amide bonds. The number of hydrogen-bond donors (Lipinski definition) is 1. The van der Waals surface area contributed by atoms with Gasteiger partial charge in [-0.25, -0.2) is 9.37 Å². The highest BCUT2D eigenvalue weighted by Gasteiger charge is 2.17. The lowest BCUT2D eigenvalue weighted by Gasteiger charge is -2.28. The van der Waals surface area contributed by atoms with Crippen molar-refractivity contribution >= 4 is 22.7 Å². The van der Waals surface area contributed by atoms with Crippen molar-refractivity contribution in [3.05, 3.63) is 48.3 Å². The fourth-order valence-corrected chi connectivity index (χ4v) is 2.97. The number of anilines is 2. The van der Waals surface area contributed by atoms with Gasteiger partial charge in [0.05, 0.1) is 18.7 Å². The lowest BCUT2D eigenvalue weighted by Crippen LogP contribution is -2.37. The van der Waals surface area contributed by atoms with Crippen molar-refractivity contribution in [3.63, 3.8) is 0 Å². The summed E-state index contributed by atoms with van der Waals surface area (Å²) in [5.41, 5.74) is 8.61. The number of nitrogens with zero attached hydrogens (tertiary/aromatic N) is 3. The van der Waals surface area contributed by atoms with Gasteiger partial charge in [0.2, 0.25) is 5.95 Å². The molecule has 1 fully saturated rings. The predicted molar refractivity (Wildman–Crippen MR) is 92.4 cm³/mol. The predicted octanol–water partition coefficient (Wildman–Crippen LogP) is 2.85. The Balaban J connectivity index is 1.85. The van der Waals surface area contributed by atoms with E-state index < -0.39 is 0 Å². The minimum Gasteiger partial charge on any atom is -0.378 e. The minimum absolute atomic E-state index is 0.246. The van der Waals surface area contributed by atoms with Crippen molar-refractivity contribution in [2.45, 2.75) is 0 Å². The van der Waals surface area contributed by atoms with E-state index in [-0.39, 0.29) is 11.8 Å². The van der Waals surface area contributed by atoms with E-state index in [0.29, 0.717) is 13.2 Å². The molecular weight excluding hydrogens is 307 g/mol. The van der Waals surface area contributed by atoms with Gasteiger partial charge in [0.15, 0.2) is 0 Å². The average molecular weight is 324 g/mol. The second-order valence-corrected chi connectivity index (χ2v) is 5.74. The molecule has 0 bridgehead atoms. The van der Waals surface area contributed by atoms with Crippen LogP contribution in [-0.4, -0.2) is 36.3 Å². The van der Waals surface area contributed by atoms with E-state index in [0.717, 1.165) is 40.9 Å². The first-order valence-electron chi connectivity index (χ1n) is 7.86. The van der Waals surface area contributed by atoms with Gasteiger partial charge < -0.3 is 15.4 Å². The van der Waals surface area contributed by atoms with Gasteiger partial charge in [-0.1, -0.05) is 18.2 Å². The fraction of sp³-hybridized carbons (Fsp3) is 0.222. The van der Waals surface area contributed by atoms with Gasteiger partial charge in [-0.3, -0.25) is 0 Å². The zero-order valence-electron chi connectivity index (χ0n) is 13.1. The van der Waals surface area contributed by atoms with Gasteiger partial charge in [0.1, 0.15) is 11.6 Å². The standard InChI is InChI=1S/C18H17FN4O/c19-14-4-1-12(2-5-14)13-3-6-16-15(11-13)17(22-18(20)21-16)23-7-9-24-10-8-23/h1-6,11H,7-10H2,(H2,20,21,22). The van der Waals surface area contributed by atoms with Crippen LogP contribution in [0.4, 0.5) is 16.2 Å². The highest BCUT2D eigenvalue weighted by molar-refractivity contribution is 5.93. The lowest BCUT2D eigenvalue weighted by molar-refractivity contribution is 0.122. The quantitative estimate of drug-likeness (QED) is 0.785. The third kappa shape index (κ3) is 2.76. The van der Waals surface area contributed by atoms with Crippen molar-refractivity contribution in [3.8, 4) is 11.1 Å². The Morgan fingerprint density at radius 2 is 1.67 bits per heavy atom. The molecule has 1 aliphatic rings. The average Bonchev–Trinajstić information content (AvgIpc) is 2.62. The second kappa shape index (κ2) is 6.05. The number of aromatic nitrogens is 2. The Bertz CT molecular complexity index is 876. The smallest absolute Gasteiger partial charge is 0.222 e. The van der Waals surface area contributed by atoms with Crippen LogP contribution >= 0.6 is 0 Å². The van der Waals surface area contributed by atoms with Crippen molar-refractivity contribution in [2.75, 3.05) is 36.9 Å². The van der Waals surface area contributed by atoms with E-state index in [1.54, 1.807) is 12.1 Å². The third-order valence-electron chi connectivity index (χ3n) is 4.18. The monoisotopic (exact) mass is 324 g/mol. The minimum atomic E-state index is -0.246. The normalized spacial score (nSPS) is 15.0. The lowest BCUT2D eigenvalue weighted by atomic mass is 10.0. The van der Waals surface area contributed by atoms with Crippen LogP contribution in [0.3, 0.4) is 0 Å². The number of ether oxygens (including phenoxy) is 1. The van der Waals surface area contributed by atoms with Gasteiger partial charge in [-0.05, 0) is 35.4 Å². The van der Waals surface area contributed by atoms with E-state index in [2.05, 4.69) is 14.9 Å². The second-order valence-electron chi connectivity index (χ2n) is 5.74. The van der Waals surface area contributed by atoms with Gasteiger partial charge in [0.25, 0.3) is 0 Å². The SMILES string of the molecule is Nc1nc(N2CCOCC2)c2cc(-c3ccc(F)cc3)ccc2n1. The maximum Gasteiger partial charge on any atom is 0.222 e. The van der Waals surface area contributed by atoms with E-state index in [1.165, 1.54) is 12.1 Å². The molecule has 0 aliphatic carbocycles. The molecule has 2 heterocycles. The number of hydrogen-bond acceptors (Lipinski definition) is 5. The highest BCUT2D eigenvalue weighted by atomic mass is 19.1. The van der Waals surface area contributed by atoms with Gasteiger partial charge in [-0.15, -0.1) is 0 Å². The van der Waals surface area contributed by atoms with Gasteiger partial charge in [-0.2, -0.15) is 4.98 Å². The largest absolute Gasteiger partial charge is 0.378 e. The molecule has 1 aliphatic heterocycles. The molecule has 3 aromatic rings. The van der Waals surface area contributed by atoms with Crippen LogP contribution in [0, 0.1) is 5.82 Å². The number of morpholine rings is 1. The Morgan fingerprint density at radius 1 is 0.958 bits per heavy atom. The Labute approximate surface area is 138 Å². The maximum absolute atomic E-state index is 13.2. The van der Waals surface area contributed by atoms with Crippen LogP contribution in [0.5, 0.6) is 0 Å². The van der Waals surface area contributed by atoms with E-state index in [9.17, 15) is 4.39 Å². The molecule has 5 nitrogen and oxygen atoms in total. The van der Waals surface area contributed by atoms with E-state index in [4.69, 9.17) is 10.5 Å². The topological polar surface area (TPSA) is 64.3 Å². The van der Waals surface area contributed by atoms with Crippen molar-refractivity contribution in [1.82, 2.24) is 9.97 Å².